The van der Waals surface area contributed by atoms with Gasteiger partial charge in [0.15, 0.2) is 0 Å². The molecule has 106 valence electrons. The van der Waals surface area contributed by atoms with Crippen molar-refractivity contribution in [3.63, 3.8) is 0 Å². The van der Waals surface area contributed by atoms with Gasteiger partial charge in [-0.05, 0) is 40.2 Å². The Labute approximate surface area is 133 Å². The lowest BCUT2D eigenvalue weighted by Gasteiger charge is -2.09. The summed E-state index contributed by atoms with van der Waals surface area (Å²) >= 11 is 6.42. The third-order valence-corrected chi connectivity index (χ3v) is 5.48. The van der Waals surface area contributed by atoms with Gasteiger partial charge in [-0.2, -0.15) is 0 Å². The lowest BCUT2D eigenvalue weighted by Crippen LogP contribution is -2.24. The number of halogens is 3. The second-order valence-electron chi connectivity index (χ2n) is 3.99. The highest BCUT2D eigenvalue weighted by molar-refractivity contribution is 9.11. The Balaban J connectivity index is 2.24. The molecule has 0 heterocycles. The predicted molar refractivity (Wildman–Crippen MR) is 82.3 cm³/mol. The summed E-state index contributed by atoms with van der Waals surface area (Å²) in [6.07, 6.45) is 0. The van der Waals surface area contributed by atoms with Gasteiger partial charge in [0.1, 0.15) is 5.82 Å². The van der Waals surface area contributed by atoms with E-state index in [1.165, 1.54) is 18.2 Å². The highest BCUT2D eigenvalue weighted by Gasteiger charge is 2.18. The van der Waals surface area contributed by atoms with Crippen LogP contribution < -0.4 is 4.72 Å². The largest absolute Gasteiger partial charge is 0.242 e. The van der Waals surface area contributed by atoms with Crippen molar-refractivity contribution in [1.29, 1.82) is 0 Å². The van der Waals surface area contributed by atoms with E-state index < -0.39 is 15.8 Å². The molecule has 2 aromatic rings. The third kappa shape index (κ3) is 3.66. The summed E-state index contributed by atoms with van der Waals surface area (Å²) in [5.74, 6) is -0.441. The molecule has 0 unspecified atom stereocenters. The van der Waals surface area contributed by atoms with Crippen LogP contribution in [0.3, 0.4) is 0 Å². The predicted octanol–water partition coefficient (Wildman–Crippen LogP) is 3.83. The Kier molecular flexibility index (Phi) is 4.95. The first kappa shape index (κ1) is 15.6. The zero-order valence-electron chi connectivity index (χ0n) is 10.1. The van der Waals surface area contributed by atoms with Gasteiger partial charge < -0.3 is 0 Å². The Morgan fingerprint density at radius 1 is 1.10 bits per heavy atom. The summed E-state index contributed by atoms with van der Waals surface area (Å²) in [5.41, 5.74) is 0.294. The van der Waals surface area contributed by atoms with Crippen LogP contribution in [0.25, 0.3) is 0 Å². The summed E-state index contributed by atoms with van der Waals surface area (Å²) in [4.78, 5) is 0.100. The molecule has 0 radical (unpaired) electrons. The van der Waals surface area contributed by atoms with Gasteiger partial charge in [-0.3, -0.25) is 0 Å². The second kappa shape index (κ2) is 6.34. The van der Waals surface area contributed by atoms with E-state index in [1.807, 2.05) is 0 Å². The second-order valence-corrected chi connectivity index (χ2v) is 7.50. The zero-order valence-corrected chi connectivity index (χ0v) is 14.1. The van der Waals surface area contributed by atoms with E-state index in [0.29, 0.717) is 14.5 Å². The minimum Gasteiger partial charge on any atom is -0.207 e. The molecule has 0 atom stereocenters. The summed E-state index contributed by atoms with van der Waals surface area (Å²) in [5, 5.41) is 0. The van der Waals surface area contributed by atoms with Crippen LogP contribution in [-0.4, -0.2) is 8.42 Å². The van der Waals surface area contributed by atoms with Crippen molar-refractivity contribution in [1.82, 2.24) is 4.72 Å². The van der Waals surface area contributed by atoms with Crippen LogP contribution in [0.1, 0.15) is 5.56 Å². The van der Waals surface area contributed by atoms with Gasteiger partial charge in [-0.25, -0.2) is 17.5 Å². The normalized spacial score (nSPS) is 11.6. The van der Waals surface area contributed by atoms with E-state index in [2.05, 4.69) is 36.6 Å². The fraction of sp³-hybridized carbons (Fsp3) is 0.0769. The summed E-state index contributed by atoms with van der Waals surface area (Å²) < 4.78 is 41.3. The summed E-state index contributed by atoms with van der Waals surface area (Å²) in [6, 6.07) is 10.9. The van der Waals surface area contributed by atoms with E-state index in [9.17, 15) is 12.8 Å². The maximum Gasteiger partial charge on any atom is 0.242 e. The molecule has 0 saturated carbocycles. The number of rotatable bonds is 4. The van der Waals surface area contributed by atoms with E-state index in [-0.39, 0.29) is 11.4 Å². The first-order chi connectivity index (χ1) is 9.40. The SMILES string of the molecule is O=S(=O)(NCc1ccccc1F)c1cc(Br)ccc1Br. The number of nitrogens with one attached hydrogen (secondary N) is 1. The molecule has 3 nitrogen and oxygen atoms in total. The van der Waals surface area contributed by atoms with Crippen molar-refractivity contribution in [2.45, 2.75) is 11.4 Å². The Bertz CT molecular complexity index is 735. The van der Waals surface area contributed by atoms with Gasteiger partial charge >= 0.3 is 0 Å². The molecule has 0 spiro atoms. The standard InChI is InChI=1S/C13H10Br2FNO2S/c14-10-5-6-11(15)13(7-10)20(18,19)17-8-9-3-1-2-4-12(9)16/h1-7,17H,8H2. The molecular formula is C13H10Br2FNO2S. The van der Waals surface area contributed by atoms with Crippen molar-refractivity contribution in [2.75, 3.05) is 0 Å². The molecular weight excluding hydrogens is 413 g/mol. The van der Waals surface area contributed by atoms with E-state index >= 15 is 0 Å². The smallest absolute Gasteiger partial charge is 0.207 e. The van der Waals surface area contributed by atoms with Crippen LogP contribution in [0.15, 0.2) is 56.3 Å². The van der Waals surface area contributed by atoms with E-state index in [4.69, 9.17) is 0 Å². The van der Waals surface area contributed by atoms with Gasteiger partial charge in [0.2, 0.25) is 10.0 Å². The van der Waals surface area contributed by atoms with Gasteiger partial charge in [-0.15, -0.1) is 0 Å². The van der Waals surface area contributed by atoms with Crippen molar-refractivity contribution in [2.24, 2.45) is 0 Å². The maximum absolute atomic E-state index is 13.5. The van der Waals surface area contributed by atoms with Crippen molar-refractivity contribution >= 4 is 41.9 Å². The molecule has 0 saturated heterocycles. The average molecular weight is 423 g/mol. The Morgan fingerprint density at radius 3 is 2.50 bits per heavy atom. The average Bonchev–Trinajstić information content (AvgIpc) is 2.40. The highest BCUT2D eigenvalue weighted by atomic mass is 79.9. The topological polar surface area (TPSA) is 46.2 Å². The summed E-state index contributed by atoms with van der Waals surface area (Å²) in [6.45, 7) is -0.103. The van der Waals surface area contributed by atoms with Crippen LogP contribution in [0, 0.1) is 5.82 Å². The molecule has 1 N–H and O–H groups in total. The van der Waals surface area contributed by atoms with Crippen molar-refractivity contribution < 1.29 is 12.8 Å². The number of sulfonamides is 1. The van der Waals surface area contributed by atoms with Crippen molar-refractivity contribution in [3.8, 4) is 0 Å². The van der Waals surface area contributed by atoms with Crippen LogP contribution in [-0.2, 0) is 16.6 Å². The molecule has 2 aromatic carbocycles. The molecule has 0 aliphatic rings. The molecule has 2 rings (SSSR count). The summed E-state index contributed by atoms with van der Waals surface area (Å²) in [7, 11) is -3.72. The number of hydrogen-bond acceptors (Lipinski definition) is 2. The molecule has 0 aliphatic heterocycles. The Morgan fingerprint density at radius 2 is 1.80 bits per heavy atom. The molecule has 20 heavy (non-hydrogen) atoms. The minimum absolute atomic E-state index is 0.100. The fourth-order valence-electron chi connectivity index (χ4n) is 1.58. The number of benzene rings is 2. The van der Waals surface area contributed by atoms with Crippen LogP contribution in [0.2, 0.25) is 0 Å². The Hall–Kier alpha value is -0.760. The van der Waals surface area contributed by atoms with Crippen molar-refractivity contribution in [3.05, 3.63) is 62.8 Å². The molecule has 0 amide bonds. The quantitative estimate of drug-likeness (QED) is 0.813. The molecule has 0 aliphatic carbocycles. The fourth-order valence-corrected chi connectivity index (χ4v) is 4.08. The third-order valence-electron chi connectivity index (χ3n) is 2.59. The van der Waals surface area contributed by atoms with Gasteiger partial charge in [0.05, 0.1) is 4.90 Å². The molecule has 0 fully saturated rings. The molecule has 0 bridgehead atoms. The highest BCUT2D eigenvalue weighted by Crippen LogP contribution is 2.25. The van der Waals surface area contributed by atoms with Gasteiger partial charge in [0, 0.05) is 21.1 Å². The lowest BCUT2D eigenvalue weighted by molar-refractivity contribution is 0.574. The van der Waals surface area contributed by atoms with Gasteiger partial charge in [0.25, 0.3) is 0 Å². The van der Waals surface area contributed by atoms with Crippen LogP contribution in [0.5, 0.6) is 0 Å². The first-order valence-electron chi connectivity index (χ1n) is 5.58. The van der Waals surface area contributed by atoms with Gasteiger partial charge in [-0.1, -0.05) is 34.1 Å². The van der Waals surface area contributed by atoms with E-state index in [0.717, 1.165) is 0 Å². The maximum atomic E-state index is 13.5. The molecule has 7 heteroatoms. The number of hydrogen-bond donors (Lipinski definition) is 1. The van der Waals surface area contributed by atoms with Crippen LogP contribution >= 0.6 is 31.9 Å². The minimum atomic E-state index is -3.72. The first-order valence-corrected chi connectivity index (χ1v) is 8.65. The zero-order chi connectivity index (χ0) is 14.8. The molecule has 0 aromatic heterocycles. The lowest BCUT2D eigenvalue weighted by atomic mass is 10.2. The monoisotopic (exact) mass is 421 g/mol. The van der Waals surface area contributed by atoms with Crippen LogP contribution in [0.4, 0.5) is 4.39 Å². The van der Waals surface area contributed by atoms with E-state index in [1.54, 1.807) is 24.3 Å².